The van der Waals surface area contributed by atoms with Crippen LogP contribution in [0.5, 0.6) is 0 Å². The maximum Gasteiger partial charge on any atom is 0.242 e. The predicted octanol–water partition coefficient (Wildman–Crippen LogP) is 1.97. The molecule has 7 heteroatoms. The Morgan fingerprint density at radius 2 is 2.21 bits per heavy atom. The SMILES string of the molecule is CC[C@@H](C)n1nccc1NC(=O)[C@@H](C)N1CCc2c(ncn2C)C1. The van der Waals surface area contributed by atoms with Crippen molar-refractivity contribution in [1.29, 1.82) is 0 Å². The van der Waals surface area contributed by atoms with Crippen LogP contribution in [0, 0.1) is 0 Å². The van der Waals surface area contributed by atoms with E-state index in [4.69, 9.17) is 0 Å². The first-order valence-electron chi connectivity index (χ1n) is 8.58. The van der Waals surface area contributed by atoms with E-state index in [1.807, 2.05) is 31.0 Å². The summed E-state index contributed by atoms with van der Waals surface area (Å²) in [4.78, 5) is 19.3. The summed E-state index contributed by atoms with van der Waals surface area (Å²) in [5, 5.41) is 7.35. The molecule has 0 fully saturated rings. The Morgan fingerprint density at radius 1 is 1.42 bits per heavy atom. The Labute approximate surface area is 142 Å². The van der Waals surface area contributed by atoms with E-state index in [9.17, 15) is 4.79 Å². The average molecular weight is 330 g/mol. The van der Waals surface area contributed by atoms with Crippen LogP contribution in [-0.4, -0.2) is 42.7 Å². The summed E-state index contributed by atoms with van der Waals surface area (Å²) >= 11 is 0. The topological polar surface area (TPSA) is 68.0 Å². The molecule has 1 aliphatic rings. The van der Waals surface area contributed by atoms with Gasteiger partial charge in [0.2, 0.25) is 5.91 Å². The molecule has 0 bridgehead atoms. The van der Waals surface area contributed by atoms with Crippen LogP contribution in [0.3, 0.4) is 0 Å². The molecule has 2 aromatic heterocycles. The number of aromatic nitrogens is 4. The Morgan fingerprint density at radius 3 is 2.96 bits per heavy atom. The van der Waals surface area contributed by atoms with Gasteiger partial charge >= 0.3 is 0 Å². The van der Waals surface area contributed by atoms with Crippen molar-refractivity contribution in [2.45, 2.75) is 52.2 Å². The summed E-state index contributed by atoms with van der Waals surface area (Å²) in [7, 11) is 2.02. The van der Waals surface area contributed by atoms with Crippen molar-refractivity contribution in [2.75, 3.05) is 11.9 Å². The molecule has 0 aliphatic carbocycles. The molecule has 1 aliphatic heterocycles. The summed E-state index contributed by atoms with van der Waals surface area (Å²) in [5.74, 6) is 0.760. The molecule has 3 heterocycles. The van der Waals surface area contributed by atoms with E-state index in [2.05, 4.69) is 38.7 Å². The van der Waals surface area contributed by atoms with E-state index in [0.717, 1.165) is 37.4 Å². The number of nitrogens with zero attached hydrogens (tertiary/aromatic N) is 5. The minimum atomic E-state index is -0.208. The number of aryl methyl sites for hydroxylation is 1. The lowest BCUT2D eigenvalue weighted by Gasteiger charge is -2.31. The molecule has 24 heavy (non-hydrogen) atoms. The molecule has 3 rings (SSSR count). The molecule has 2 aromatic rings. The molecular weight excluding hydrogens is 304 g/mol. The zero-order chi connectivity index (χ0) is 17.3. The van der Waals surface area contributed by atoms with Crippen molar-refractivity contribution < 1.29 is 4.79 Å². The Kier molecular flexibility index (Phi) is 4.71. The molecular formula is C17H26N6O. The lowest BCUT2D eigenvalue weighted by atomic mass is 10.1. The smallest absolute Gasteiger partial charge is 0.242 e. The first-order chi connectivity index (χ1) is 11.5. The van der Waals surface area contributed by atoms with Crippen molar-refractivity contribution in [1.82, 2.24) is 24.2 Å². The van der Waals surface area contributed by atoms with E-state index in [0.29, 0.717) is 0 Å². The van der Waals surface area contributed by atoms with E-state index in [1.54, 1.807) is 6.20 Å². The molecule has 1 N–H and O–H groups in total. The average Bonchev–Trinajstić information content (AvgIpc) is 3.20. The standard InChI is InChI=1S/C17H26N6O/c1-5-12(2)23-16(6-8-19-23)20-17(24)13(3)22-9-7-15-14(10-22)18-11-21(15)4/h6,8,11-13H,5,7,9-10H2,1-4H3,(H,20,24)/t12-,13-/m1/s1. The second-order valence-electron chi connectivity index (χ2n) is 6.55. The van der Waals surface area contributed by atoms with Gasteiger partial charge in [-0.3, -0.25) is 9.69 Å². The van der Waals surface area contributed by atoms with Gasteiger partial charge in [0.1, 0.15) is 5.82 Å². The van der Waals surface area contributed by atoms with Crippen molar-refractivity contribution in [3.05, 3.63) is 30.0 Å². The Bertz CT molecular complexity index is 718. The van der Waals surface area contributed by atoms with Crippen molar-refractivity contribution in [3.63, 3.8) is 0 Å². The molecule has 0 saturated carbocycles. The fourth-order valence-corrected chi connectivity index (χ4v) is 3.14. The number of hydrogen-bond acceptors (Lipinski definition) is 4. The largest absolute Gasteiger partial charge is 0.337 e. The number of imidazole rings is 1. The number of fused-ring (bicyclic) bond motifs is 1. The fraction of sp³-hybridized carbons (Fsp3) is 0.588. The zero-order valence-corrected chi connectivity index (χ0v) is 14.9. The van der Waals surface area contributed by atoms with Crippen LogP contribution < -0.4 is 5.32 Å². The van der Waals surface area contributed by atoms with Crippen molar-refractivity contribution in [3.8, 4) is 0 Å². The van der Waals surface area contributed by atoms with Gasteiger partial charge in [0.15, 0.2) is 0 Å². The number of nitrogens with one attached hydrogen (secondary N) is 1. The number of carbonyl (C=O) groups is 1. The van der Waals surface area contributed by atoms with Gasteiger partial charge in [0, 0.05) is 38.3 Å². The lowest BCUT2D eigenvalue weighted by Crippen LogP contribution is -2.45. The first-order valence-corrected chi connectivity index (χ1v) is 8.58. The Balaban J connectivity index is 1.67. The number of amides is 1. The third kappa shape index (κ3) is 3.08. The van der Waals surface area contributed by atoms with Crippen LogP contribution in [0.1, 0.15) is 44.6 Å². The summed E-state index contributed by atoms with van der Waals surface area (Å²) in [6, 6.07) is 1.90. The summed E-state index contributed by atoms with van der Waals surface area (Å²) < 4.78 is 3.94. The second-order valence-corrected chi connectivity index (χ2v) is 6.55. The number of anilines is 1. The highest BCUT2D eigenvalue weighted by molar-refractivity contribution is 5.93. The van der Waals surface area contributed by atoms with Gasteiger partial charge in [-0.1, -0.05) is 6.92 Å². The maximum absolute atomic E-state index is 12.7. The van der Waals surface area contributed by atoms with Gasteiger partial charge in [-0.2, -0.15) is 5.10 Å². The van der Waals surface area contributed by atoms with E-state index < -0.39 is 0 Å². The molecule has 7 nitrogen and oxygen atoms in total. The normalized spacial score (nSPS) is 17.3. The van der Waals surface area contributed by atoms with Crippen LogP contribution in [0.2, 0.25) is 0 Å². The monoisotopic (exact) mass is 330 g/mol. The lowest BCUT2D eigenvalue weighted by molar-refractivity contribution is -0.121. The number of hydrogen-bond donors (Lipinski definition) is 1. The highest BCUT2D eigenvalue weighted by atomic mass is 16.2. The van der Waals surface area contributed by atoms with Crippen LogP contribution in [0.25, 0.3) is 0 Å². The van der Waals surface area contributed by atoms with E-state index >= 15 is 0 Å². The second kappa shape index (κ2) is 6.76. The van der Waals surface area contributed by atoms with Gasteiger partial charge in [-0.25, -0.2) is 9.67 Å². The molecule has 0 saturated heterocycles. The Hall–Kier alpha value is -2.15. The molecule has 0 radical (unpaired) electrons. The third-order valence-corrected chi connectivity index (χ3v) is 4.99. The zero-order valence-electron chi connectivity index (χ0n) is 14.9. The van der Waals surface area contributed by atoms with E-state index in [1.165, 1.54) is 5.69 Å². The van der Waals surface area contributed by atoms with Crippen LogP contribution in [0.15, 0.2) is 18.6 Å². The van der Waals surface area contributed by atoms with Gasteiger partial charge in [0.05, 0.1) is 30.3 Å². The van der Waals surface area contributed by atoms with Crippen LogP contribution >= 0.6 is 0 Å². The van der Waals surface area contributed by atoms with Gasteiger partial charge in [-0.15, -0.1) is 0 Å². The quantitative estimate of drug-likeness (QED) is 0.910. The number of rotatable bonds is 5. The van der Waals surface area contributed by atoms with E-state index in [-0.39, 0.29) is 18.0 Å². The molecule has 130 valence electrons. The van der Waals surface area contributed by atoms with Gasteiger partial charge in [0.25, 0.3) is 0 Å². The fourth-order valence-electron chi connectivity index (χ4n) is 3.14. The molecule has 0 spiro atoms. The van der Waals surface area contributed by atoms with Gasteiger partial charge in [-0.05, 0) is 20.3 Å². The third-order valence-electron chi connectivity index (χ3n) is 4.99. The van der Waals surface area contributed by atoms with Crippen molar-refractivity contribution in [2.24, 2.45) is 7.05 Å². The van der Waals surface area contributed by atoms with Crippen LogP contribution in [0.4, 0.5) is 5.82 Å². The molecule has 0 aromatic carbocycles. The molecule has 0 unspecified atom stereocenters. The summed E-state index contributed by atoms with van der Waals surface area (Å²) in [6.07, 6.45) is 5.47. The maximum atomic E-state index is 12.7. The first kappa shape index (κ1) is 16.7. The highest BCUT2D eigenvalue weighted by Crippen LogP contribution is 2.21. The molecule has 2 atom stereocenters. The predicted molar refractivity (Wildman–Crippen MR) is 92.6 cm³/mol. The van der Waals surface area contributed by atoms with Crippen LogP contribution in [-0.2, 0) is 24.8 Å². The van der Waals surface area contributed by atoms with Crippen molar-refractivity contribution >= 4 is 11.7 Å². The number of carbonyl (C=O) groups excluding carboxylic acids is 1. The highest BCUT2D eigenvalue weighted by Gasteiger charge is 2.28. The minimum absolute atomic E-state index is 0.000524. The molecule has 1 amide bonds. The minimum Gasteiger partial charge on any atom is -0.337 e. The van der Waals surface area contributed by atoms with Gasteiger partial charge < -0.3 is 9.88 Å². The summed E-state index contributed by atoms with van der Waals surface area (Å²) in [6.45, 7) is 7.74. The summed E-state index contributed by atoms with van der Waals surface area (Å²) in [5.41, 5.74) is 2.35.